The first-order chi connectivity index (χ1) is 60.5. The molecule has 7 nitrogen and oxygen atoms in total. The van der Waals surface area contributed by atoms with Crippen LogP contribution in [0.25, 0.3) is 268 Å². The number of hydrogen-bond donors (Lipinski definition) is 0. The van der Waals surface area contributed by atoms with E-state index < -0.39 is 0 Å². The molecule has 122 heavy (non-hydrogen) atoms. The molecule has 0 fully saturated rings. The van der Waals surface area contributed by atoms with Gasteiger partial charge < -0.3 is 31.6 Å². The second-order valence-electron chi connectivity index (χ2n) is 32.6. The molecule has 0 atom stereocenters. The summed E-state index contributed by atoms with van der Waals surface area (Å²) < 4.78 is 37.3. The highest BCUT2D eigenvalue weighted by Crippen LogP contribution is 2.58. The van der Waals surface area contributed by atoms with Crippen LogP contribution in [0.3, 0.4) is 0 Å². The summed E-state index contributed by atoms with van der Waals surface area (Å²) in [6.45, 7) is 0. The number of anilines is 3. The molecular weight excluding hydrogens is 1510 g/mol. The maximum atomic E-state index is 6.50. The van der Waals surface area contributed by atoms with Gasteiger partial charge in [-0.1, -0.05) is 231 Å². The Morgan fingerprint density at radius 2 is 0.607 bits per heavy atom. The maximum absolute atomic E-state index is 6.50. The molecule has 0 saturated heterocycles. The highest BCUT2D eigenvalue weighted by atomic mass is 32.1. The molecule has 7 aromatic heterocycles. The van der Waals surface area contributed by atoms with Crippen molar-refractivity contribution in [2.75, 3.05) is 4.90 Å². The van der Waals surface area contributed by atoms with Crippen LogP contribution in [0.5, 0.6) is 0 Å². The fourth-order valence-electron chi connectivity index (χ4n) is 21.2. The Kier molecular flexibility index (Phi) is 13.4. The normalized spacial score (nSPS) is 12.4. The standard InChI is InChI=1S/C40H23NO2.C40H22O2.C34H17NOS/c1-3-8-26(9-4-1)41(27-10-5-2-6-11-27)28-18-14-24(15-19-28)29-20-23-34-40-36(29)30-12-7-13-31-37(30)38-32(42-31)21-16-25-17-22-33(43-34)39(40)35(25)38;1-2-7-23(8-3-1)25-9-4-10-26(21-25)27-11-5-12-28(22-27)29-17-20-34-40-36(29)30-13-6-14-31-37(30)38-32(41-31)18-15-24-16-19-33(42-34)39(40)35(24)38;1-2-9-26-20(5-1)21-14-13-19(17-27(21)36-26)35-24-8-3-6-22-23-7-4-10-28-32(23)34-29(37-28)16-12-18-11-15-25(35)33(30(18)34)31(22)24/h1-23H;1-22H;1-17H. The zero-order chi connectivity index (χ0) is 79.3. The van der Waals surface area contributed by atoms with Gasteiger partial charge in [-0.3, -0.25) is 0 Å². The third kappa shape index (κ3) is 9.22. The molecule has 0 N–H and O–H groups in total. The second kappa shape index (κ2) is 24.8. The smallest absolute Gasteiger partial charge is 0.137 e. The van der Waals surface area contributed by atoms with Crippen LogP contribution in [0.15, 0.2) is 398 Å². The van der Waals surface area contributed by atoms with E-state index in [1.54, 1.807) is 0 Å². The summed E-state index contributed by atoms with van der Waals surface area (Å²) in [4.78, 5) is 2.29. The van der Waals surface area contributed by atoms with Crippen molar-refractivity contribution in [1.29, 1.82) is 0 Å². The van der Waals surface area contributed by atoms with Gasteiger partial charge in [0.05, 0.1) is 11.0 Å². The zero-order valence-corrected chi connectivity index (χ0v) is 66.0. The lowest BCUT2D eigenvalue weighted by molar-refractivity contribution is 0.668. The van der Waals surface area contributed by atoms with Crippen molar-refractivity contribution < 1.29 is 22.1 Å². The number of nitrogens with zero attached hydrogens (tertiary/aromatic N) is 2. The summed E-state index contributed by atoms with van der Waals surface area (Å²) in [5.74, 6) is 0. The molecule has 27 aromatic rings. The largest absolute Gasteiger partial charge is 0.456 e. The fourth-order valence-corrected chi connectivity index (χ4v) is 22.4. The predicted molar refractivity (Wildman–Crippen MR) is 509 cm³/mol. The van der Waals surface area contributed by atoms with Gasteiger partial charge in [-0.05, 0) is 222 Å². The van der Waals surface area contributed by atoms with Crippen molar-refractivity contribution in [3.63, 3.8) is 0 Å². The van der Waals surface area contributed by atoms with Crippen LogP contribution in [0, 0.1) is 0 Å². The van der Waals surface area contributed by atoms with Crippen molar-refractivity contribution >= 4 is 212 Å². The van der Waals surface area contributed by atoms with E-state index in [-0.39, 0.29) is 0 Å². The SMILES string of the molecule is c1ccc(-c2cccc(-c3cccc(-c4ccc5oc6ccc7ccc8oc9cccc%10c9c8c7c6c5c4-%10)c3)c2)cc1.c1ccc(N(c2ccccc2)c2ccc(-c3ccc4oc5ccc6ccc7oc8cccc9c8c7c6c5c4c3-9)cc2)cc1.c1ccc2c(c1)oc1cc(-n3c4cccc5c4c4c6c(ccc7sc8cccc-5c8c76)ccc43)ccc12. The van der Waals surface area contributed by atoms with Gasteiger partial charge in [0, 0.05) is 141 Å². The Hall–Kier alpha value is -16.0. The van der Waals surface area contributed by atoms with Crippen molar-refractivity contribution in [1.82, 2.24) is 4.57 Å². The number of aromatic nitrogens is 1. The van der Waals surface area contributed by atoms with Crippen LogP contribution in [-0.2, 0) is 0 Å². The molecule has 3 aliphatic carbocycles. The van der Waals surface area contributed by atoms with Crippen molar-refractivity contribution in [2.45, 2.75) is 0 Å². The lowest BCUT2D eigenvalue weighted by atomic mass is 9.89. The number of furan rings is 5. The number of benzene rings is 20. The van der Waals surface area contributed by atoms with E-state index in [2.05, 4.69) is 373 Å². The second-order valence-corrected chi connectivity index (χ2v) is 33.7. The van der Waals surface area contributed by atoms with E-state index in [0.717, 1.165) is 94.9 Å². The van der Waals surface area contributed by atoms with Crippen molar-refractivity contribution in [2.24, 2.45) is 0 Å². The fraction of sp³-hybridized carbons (Fsp3) is 0. The first kappa shape index (κ1) is 66.1. The summed E-state index contributed by atoms with van der Waals surface area (Å²) >= 11 is 1.91. The topological polar surface area (TPSA) is 73.9 Å². The Morgan fingerprint density at radius 1 is 0.197 bits per heavy atom. The Bertz CT molecular complexity index is 9230. The molecule has 20 aromatic carbocycles. The van der Waals surface area contributed by atoms with Crippen LogP contribution >= 0.6 is 11.3 Å². The quantitative estimate of drug-likeness (QED) is 0.151. The van der Waals surface area contributed by atoms with Crippen molar-refractivity contribution in [3.8, 4) is 83.6 Å². The number of hydrogen-bond acceptors (Lipinski definition) is 7. The van der Waals surface area contributed by atoms with Crippen LogP contribution in [0.2, 0.25) is 0 Å². The third-order valence-corrected chi connectivity index (χ3v) is 27.4. The molecular formula is C114H62N2O5S. The molecule has 0 saturated carbocycles. The molecule has 0 spiro atoms. The van der Waals surface area contributed by atoms with Gasteiger partial charge >= 0.3 is 0 Å². The number of fused-ring (bicyclic) bond motifs is 6. The molecule has 7 heterocycles. The van der Waals surface area contributed by atoms with Gasteiger partial charge in [0.1, 0.15) is 55.8 Å². The summed E-state index contributed by atoms with van der Waals surface area (Å²) in [7, 11) is 0. The maximum Gasteiger partial charge on any atom is 0.137 e. The van der Waals surface area contributed by atoms with Crippen LogP contribution < -0.4 is 4.90 Å². The van der Waals surface area contributed by atoms with Gasteiger partial charge in [0.25, 0.3) is 0 Å². The van der Waals surface area contributed by atoms with Crippen LogP contribution in [0.1, 0.15) is 0 Å². The zero-order valence-electron chi connectivity index (χ0n) is 65.1. The Labute approximate surface area is 698 Å². The van der Waals surface area contributed by atoms with Gasteiger partial charge in [0.2, 0.25) is 0 Å². The average Bonchev–Trinajstić information content (AvgIpc) is 1.54. The van der Waals surface area contributed by atoms with Crippen LogP contribution in [-0.4, -0.2) is 4.57 Å². The summed E-state index contributed by atoms with van der Waals surface area (Å²) in [5.41, 5.74) is 33.1. The molecule has 0 aliphatic heterocycles. The molecule has 0 bridgehead atoms. The highest BCUT2D eigenvalue weighted by molar-refractivity contribution is 7.26. The lowest BCUT2D eigenvalue weighted by Gasteiger charge is -2.25. The molecule has 8 heteroatoms. The molecule has 3 aliphatic rings. The monoisotopic (exact) mass is 1570 g/mol. The first-order valence-electron chi connectivity index (χ1n) is 41.6. The summed E-state index contributed by atoms with van der Waals surface area (Å²) in [6.07, 6.45) is 0. The van der Waals surface area contributed by atoms with Gasteiger partial charge in [-0.2, -0.15) is 0 Å². The average molecular weight is 1570 g/mol. The van der Waals surface area contributed by atoms with Crippen LogP contribution in [0.4, 0.5) is 17.1 Å². The van der Waals surface area contributed by atoms with Gasteiger partial charge in [-0.25, -0.2) is 0 Å². The Balaban J connectivity index is 0.0000000944. The number of para-hydroxylation sites is 3. The first-order valence-corrected chi connectivity index (χ1v) is 42.4. The minimum Gasteiger partial charge on any atom is -0.456 e. The van der Waals surface area contributed by atoms with E-state index in [9.17, 15) is 0 Å². The van der Waals surface area contributed by atoms with E-state index >= 15 is 0 Å². The minimum atomic E-state index is 0.910. The van der Waals surface area contributed by atoms with Crippen molar-refractivity contribution in [3.05, 3.63) is 376 Å². The summed E-state index contributed by atoms with van der Waals surface area (Å²) in [5, 5.41) is 24.8. The van der Waals surface area contributed by atoms with E-state index in [0.29, 0.717) is 0 Å². The van der Waals surface area contributed by atoms with Gasteiger partial charge in [-0.15, -0.1) is 11.3 Å². The minimum absolute atomic E-state index is 0.910. The predicted octanol–water partition coefficient (Wildman–Crippen LogP) is 33.6. The van der Waals surface area contributed by atoms with E-state index in [1.807, 2.05) is 23.5 Å². The highest BCUT2D eigenvalue weighted by Gasteiger charge is 2.32. The Morgan fingerprint density at radius 3 is 1.23 bits per heavy atom. The third-order valence-electron chi connectivity index (χ3n) is 26.3. The lowest BCUT2D eigenvalue weighted by Crippen LogP contribution is -2.09. The van der Waals surface area contributed by atoms with E-state index in [1.165, 1.54) is 190 Å². The molecule has 0 unspecified atom stereocenters. The molecule has 0 radical (unpaired) electrons. The molecule has 564 valence electrons. The van der Waals surface area contributed by atoms with Gasteiger partial charge in [0.15, 0.2) is 0 Å². The number of rotatable bonds is 8. The molecule has 0 amide bonds. The summed E-state index contributed by atoms with van der Waals surface area (Å²) in [6, 6.07) is 135. The molecule has 30 rings (SSSR count). The number of thiophene rings is 1. The van der Waals surface area contributed by atoms with E-state index in [4.69, 9.17) is 22.1 Å².